The van der Waals surface area contributed by atoms with Crippen molar-refractivity contribution in [2.45, 2.75) is 6.92 Å². The zero-order valence-electron chi connectivity index (χ0n) is 13.4. The largest absolute Gasteiger partial charge is 0.421 e. The number of halogens is 1. The third kappa shape index (κ3) is 4.29. The van der Waals surface area contributed by atoms with Gasteiger partial charge >= 0.3 is 12.0 Å². The highest BCUT2D eigenvalue weighted by Crippen LogP contribution is 2.21. The highest BCUT2D eigenvalue weighted by molar-refractivity contribution is 5.99. The highest BCUT2D eigenvalue weighted by atomic mass is 19.1. The summed E-state index contributed by atoms with van der Waals surface area (Å²) in [6.07, 6.45) is 2.75. The molecule has 0 aliphatic rings. The average molecular weight is 338 g/mol. The first kappa shape index (κ1) is 16.4. The van der Waals surface area contributed by atoms with Crippen molar-refractivity contribution in [3.63, 3.8) is 0 Å². The lowest BCUT2D eigenvalue weighted by atomic mass is 10.2. The first-order chi connectivity index (χ1) is 12.1. The monoisotopic (exact) mass is 338 g/mol. The van der Waals surface area contributed by atoms with Crippen LogP contribution in [-0.2, 0) is 0 Å². The van der Waals surface area contributed by atoms with Gasteiger partial charge in [0, 0.05) is 5.69 Å². The number of hydrogen-bond acceptors (Lipinski definition) is 4. The molecule has 126 valence electrons. The molecule has 6 nitrogen and oxygen atoms in total. The van der Waals surface area contributed by atoms with E-state index in [-0.39, 0.29) is 11.8 Å². The first-order valence-corrected chi connectivity index (χ1v) is 7.50. The maximum atomic E-state index is 13.5. The maximum absolute atomic E-state index is 13.5. The number of nitrogens with one attached hydrogen (secondary N) is 2. The Morgan fingerprint density at radius 2 is 1.68 bits per heavy atom. The van der Waals surface area contributed by atoms with Gasteiger partial charge in [-0.05, 0) is 30.7 Å². The first-order valence-electron chi connectivity index (χ1n) is 7.50. The predicted octanol–water partition coefficient (Wildman–Crippen LogP) is 4.36. The number of hydrogen-bond donors (Lipinski definition) is 2. The molecular weight excluding hydrogens is 323 g/mol. The van der Waals surface area contributed by atoms with E-state index >= 15 is 0 Å². The van der Waals surface area contributed by atoms with Gasteiger partial charge in [-0.3, -0.25) is 0 Å². The van der Waals surface area contributed by atoms with Crippen molar-refractivity contribution in [1.82, 2.24) is 9.97 Å². The summed E-state index contributed by atoms with van der Waals surface area (Å²) < 4.78 is 18.8. The molecule has 1 aromatic heterocycles. The number of urea groups is 1. The Hall–Kier alpha value is -3.48. The Bertz CT molecular complexity index is 884. The molecular formula is C18H15FN4O2. The SMILES string of the molecule is Cc1ccccc1NC(=O)Nc1cnc(Oc2ccccc2F)nc1. The lowest BCUT2D eigenvalue weighted by Gasteiger charge is -2.09. The molecule has 3 aromatic rings. The van der Waals surface area contributed by atoms with E-state index in [9.17, 15) is 9.18 Å². The molecule has 2 aromatic carbocycles. The normalized spacial score (nSPS) is 10.2. The van der Waals surface area contributed by atoms with Crippen LogP contribution < -0.4 is 15.4 Å². The van der Waals surface area contributed by atoms with E-state index in [1.165, 1.54) is 24.5 Å². The Morgan fingerprint density at radius 3 is 2.40 bits per heavy atom. The number of carbonyl (C=O) groups excluding carboxylic acids is 1. The van der Waals surface area contributed by atoms with Crippen molar-refractivity contribution >= 4 is 17.4 Å². The second-order valence-corrected chi connectivity index (χ2v) is 5.18. The number of nitrogens with zero attached hydrogens (tertiary/aromatic N) is 2. The molecule has 7 heteroatoms. The standard InChI is InChI=1S/C18H15FN4O2/c1-12-6-2-4-8-15(12)23-17(24)22-13-10-20-18(21-11-13)25-16-9-5-3-7-14(16)19/h2-11H,1H3,(H2,22,23,24). The number of aromatic nitrogens is 2. The second-order valence-electron chi connectivity index (χ2n) is 5.18. The van der Waals surface area contributed by atoms with E-state index in [1.54, 1.807) is 18.2 Å². The van der Waals surface area contributed by atoms with Crippen LogP contribution in [0.15, 0.2) is 60.9 Å². The van der Waals surface area contributed by atoms with Gasteiger partial charge in [-0.1, -0.05) is 30.3 Å². The van der Waals surface area contributed by atoms with Crippen LogP contribution in [0.3, 0.4) is 0 Å². The fourth-order valence-corrected chi connectivity index (χ4v) is 2.06. The smallest absolute Gasteiger partial charge is 0.323 e. The van der Waals surface area contributed by atoms with Gasteiger partial charge in [0.25, 0.3) is 0 Å². The summed E-state index contributed by atoms with van der Waals surface area (Å²) in [7, 11) is 0. The molecule has 1 heterocycles. The maximum Gasteiger partial charge on any atom is 0.323 e. The topological polar surface area (TPSA) is 76.1 Å². The fourth-order valence-electron chi connectivity index (χ4n) is 2.06. The predicted molar refractivity (Wildman–Crippen MR) is 92.3 cm³/mol. The summed E-state index contributed by atoms with van der Waals surface area (Å²) in [5.41, 5.74) is 2.04. The van der Waals surface area contributed by atoms with Crippen LogP contribution in [0, 0.1) is 12.7 Å². The minimum absolute atomic E-state index is 0.0186. The minimum Gasteiger partial charge on any atom is -0.421 e. The van der Waals surface area contributed by atoms with E-state index in [2.05, 4.69) is 20.6 Å². The number of aryl methyl sites for hydroxylation is 1. The number of anilines is 2. The van der Waals surface area contributed by atoms with Crippen molar-refractivity contribution in [2.75, 3.05) is 10.6 Å². The average Bonchev–Trinajstić information content (AvgIpc) is 2.61. The summed E-state index contributed by atoms with van der Waals surface area (Å²) in [4.78, 5) is 19.9. The third-order valence-corrected chi connectivity index (χ3v) is 3.32. The Balaban J connectivity index is 1.62. The van der Waals surface area contributed by atoms with E-state index < -0.39 is 11.8 Å². The zero-order chi connectivity index (χ0) is 17.6. The van der Waals surface area contributed by atoms with Crippen LogP contribution in [0.1, 0.15) is 5.56 Å². The van der Waals surface area contributed by atoms with Crippen molar-refractivity contribution in [3.8, 4) is 11.8 Å². The van der Waals surface area contributed by atoms with Gasteiger partial charge in [0.1, 0.15) is 0 Å². The van der Waals surface area contributed by atoms with Crippen LogP contribution in [-0.4, -0.2) is 16.0 Å². The molecule has 2 N–H and O–H groups in total. The van der Waals surface area contributed by atoms with Crippen LogP contribution in [0.4, 0.5) is 20.6 Å². The quantitative estimate of drug-likeness (QED) is 0.741. The van der Waals surface area contributed by atoms with Crippen molar-refractivity contribution in [2.24, 2.45) is 0 Å². The zero-order valence-corrected chi connectivity index (χ0v) is 13.4. The minimum atomic E-state index is -0.508. The number of amides is 2. The summed E-state index contributed by atoms with van der Waals surface area (Å²) in [5, 5.41) is 5.35. The molecule has 0 aliphatic heterocycles. The number of benzene rings is 2. The molecule has 0 aliphatic carbocycles. The number of carbonyl (C=O) groups is 1. The van der Waals surface area contributed by atoms with Gasteiger partial charge in [0.15, 0.2) is 11.6 Å². The summed E-state index contributed by atoms with van der Waals surface area (Å²) in [6.45, 7) is 1.90. The second kappa shape index (κ2) is 7.39. The Morgan fingerprint density at radius 1 is 1.00 bits per heavy atom. The molecule has 0 saturated heterocycles. The number of ether oxygens (including phenoxy) is 1. The van der Waals surface area contributed by atoms with E-state index in [1.807, 2.05) is 25.1 Å². The third-order valence-electron chi connectivity index (χ3n) is 3.32. The Labute approximate surface area is 143 Å². The van der Waals surface area contributed by atoms with E-state index in [4.69, 9.17) is 4.74 Å². The van der Waals surface area contributed by atoms with Crippen molar-refractivity contribution < 1.29 is 13.9 Å². The van der Waals surface area contributed by atoms with E-state index in [0.717, 1.165) is 5.56 Å². The molecule has 0 bridgehead atoms. The van der Waals surface area contributed by atoms with Gasteiger partial charge in [0.2, 0.25) is 0 Å². The van der Waals surface area contributed by atoms with Crippen molar-refractivity contribution in [1.29, 1.82) is 0 Å². The Kier molecular flexibility index (Phi) is 4.84. The summed E-state index contributed by atoms with van der Waals surface area (Å²) >= 11 is 0. The molecule has 25 heavy (non-hydrogen) atoms. The van der Waals surface area contributed by atoms with Gasteiger partial charge in [-0.2, -0.15) is 0 Å². The fraction of sp³-hybridized carbons (Fsp3) is 0.0556. The van der Waals surface area contributed by atoms with Crippen LogP contribution in [0.2, 0.25) is 0 Å². The molecule has 0 unspecified atom stereocenters. The van der Waals surface area contributed by atoms with Crippen molar-refractivity contribution in [3.05, 3.63) is 72.3 Å². The summed E-state index contributed by atoms with van der Waals surface area (Å²) in [5.74, 6) is -0.480. The molecule has 2 amide bonds. The lowest BCUT2D eigenvalue weighted by molar-refractivity contribution is 0.262. The molecule has 0 fully saturated rings. The molecule has 0 spiro atoms. The number of para-hydroxylation sites is 2. The van der Waals surface area contributed by atoms with Gasteiger partial charge in [-0.15, -0.1) is 0 Å². The van der Waals surface area contributed by atoms with Gasteiger partial charge in [-0.25, -0.2) is 19.2 Å². The molecule has 0 radical (unpaired) electrons. The molecule has 0 atom stereocenters. The van der Waals surface area contributed by atoms with Gasteiger partial charge in [0.05, 0.1) is 18.1 Å². The molecule has 0 saturated carbocycles. The van der Waals surface area contributed by atoms with Crippen LogP contribution in [0.5, 0.6) is 11.8 Å². The summed E-state index contributed by atoms with van der Waals surface area (Å²) in [6, 6.07) is 12.9. The lowest BCUT2D eigenvalue weighted by Crippen LogP contribution is -2.20. The van der Waals surface area contributed by atoms with E-state index in [0.29, 0.717) is 11.4 Å². The van der Waals surface area contributed by atoms with Gasteiger partial charge < -0.3 is 15.4 Å². The highest BCUT2D eigenvalue weighted by Gasteiger charge is 2.08. The van der Waals surface area contributed by atoms with Crippen LogP contribution in [0.25, 0.3) is 0 Å². The van der Waals surface area contributed by atoms with Crippen LogP contribution >= 0.6 is 0 Å². The molecule has 3 rings (SSSR count). The number of rotatable bonds is 4.